The van der Waals surface area contributed by atoms with Crippen molar-refractivity contribution in [2.75, 3.05) is 15.5 Å². The number of hydrogen-bond acceptors (Lipinski definition) is 8. The average molecular weight is 609 g/mol. The summed E-state index contributed by atoms with van der Waals surface area (Å²) in [4.78, 5) is 56.7. The van der Waals surface area contributed by atoms with Crippen LogP contribution in [0.3, 0.4) is 0 Å². The quantitative estimate of drug-likeness (QED) is 0.166. The molecule has 0 aliphatic carbocycles. The molecule has 3 N–H and O–H groups in total. The molecule has 1 aromatic heterocycles. The van der Waals surface area contributed by atoms with E-state index in [-0.39, 0.29) is 29.4 Å². The number of benzene rings is 4. The summed E-state index contributed by atoms with van der Waals surface area (Å²) in [5.41, 5.74) is 3.83. The molecule has 0 spiro atoms. The Kier molecular flexibility index (Phi) is 7.66. The maximum atomic E-state index is 13.2. The second-order valence-corrected chi connectivity index (χ2v) is 12.2. The van der Waals surface area contributed by atoms with E-state index in [1.54, 1.807) is 59.9 Å². The molecule has 9 nitrogen and oxygen atoms in total. The van der Waals surface area contributed by atoms with Crippen LogP contribution in [0.2, 0.25) is 0 Å². The molecule has 1 atom stereocenters. The van der Waals surface area contributed by atoms with E-state index < -0.39 is 17.1 Å². The lowest BCUT2D eigenvalue weighted by Gasteiger charge is -2.15. The van der Waals surface area contributed by atoms with Gasteiger partial charge in [-0.05, 0) is 85.3 Å². The molecule has 11 heteroatoms. The number of aromatic nitrogens is 1. The van der Waals surface area contributed by atoms with Gasteiger partial charge in [-0.2, -0.15) is 0 Å². The lowest BCUT2D eigenvalue weighted by atomic mass is 10.1. The van der Waals surface area contributed by atoms with Crippen molar-refractivity contribution in [1.29, 1.82) is 0 Å². The predicted molar refractivity (Wildman–Crippen MR) is 169 cm³/mol. The van der Waals surface area contributed by atoms with Crippen LogP contribution in [-0.4, -0.2) is 39.0 Å². The standard InChI is InChI=1S/C32H24N4O5S2/c1-18-6-15-25-26(16-18)43-32(35-25)34-20-7-11-21(12-8-20)36-28(37)17-27(30(36)39)42-22-13-9-19(10-14-22)33-29(38)23-4-2-3-5-24(23)31(40)41/h2-16,27H,17H2,1H3,(H,33,38)(H,34,35)(H,40,41)/t27-/m0/s1. The highest BCUT2D eigenvalue weighted by Gasteiger charge is 2.40. The minimum absolute atomic E-state index is 0.0549. The summed E-state index contributed by atoms with van der Waals surface area (Å²) >= 11 is 2.83. The second-order valence-electron chi connectivity index (χ2n) is 9.87. The van der Waals surface area contributed by atoms with Crippen LogP contribution in [-0.2, 0) is 9.59 Å². The zero-order valence-electron chi connectivity index (χ0n) is 22.7. The van der Waals surface area contributed by atoms with Crippen LogP contribution in [0.4, 0.5) is 22.2 Å². The Bertz CT molecular complexity index is 1890. The number of hydrogen-bond donors (Lipinski definition) is 3. The Hall–Kier alpha value is -5.00. The highest BCUT2D eigenvalue weighted by molar-refractivity contribution is 8.00. The van der Waals surface area contributed by atoms with Gasteiger partial charge in [0.2, 0.25) is 11.8 Å². The number of nitrogens with zero attached hydrogens (tertiary/aromatic N) is 2. The van der Waals surface area contributed by atoms with Crippen LogP contribution in [0.1, 0.15) is 32.7 Å². The number of amides is 3. The van der Waals surface area contributed by atoms with Crippen LogP contribution >= 0.6 is 23.1 Å². The number of anilines is 4. The van der Waals surface area contributed by atoms with Gasteiger partial charge in [0.1, 0.15) is 0 Å². The van der Waals surface area contributed by atoms with Crippen molar-refractivity contribution in [2.24, 2.45) is 0 Å². The number of carboxylic acids is 1. The molecule has 2 heterocycles. The van der Waals surface area contributed by atoms with E-state index in [1.807, 2.05) is 31.2 Å². The van der Waals surface area contributed by atoms with Crippen LogP contribution in [0, 0.1) is 6.92 Å². The number of imide groups is 1. The zero-order valence-corrected chi connectivity index (χ0v) is 24.4. The lowest BCUT2D eigenvalue weighted by Crippen LogP contribution is -2.31. The Labute approximate surface area is 254 Å². The lowest BCUT2D eigenvalue weighted by molar-refractivity contribution is -0.121. The molecule has 1 saturated heterocycles. The molecule has 214 valence electrons. The summed E-state index contributed by atoms with van der Waals surface area (Å²) in [6.45, 7) is 2.04. The first-order valence-corrected chi connectivity index (χ1v) is 15.0. The number of thiazole rings is 1. The number of carboxylic acid groups (broad SMARTS) is 1. The van der Waals surface area contributed by atoms with Crippen molar-refractivity contribution in [3.05, 3.63) is 108 Å². The van der Waals surface area contributed by atoms with E-state index in [0.717, 1.165) is 25.9 Å². The minimum atomic E-state index is -1.19. The highest BCUT2D eigenvalue weighted by Crippen LogP contribution is 2.35. The monoisotopic (exact) mass is 608 g/mol. The third-order valence-corrected chi connectivity index (χ3v) is 8.95. The first kappa shape index (κ1) is 28.1. The van der Waals surface area contributed by atoms with Gasteiger partial charge in [-0.1, -0.05) is 29.5 Å². The Morgan fingerprint density at radius 3 is 2.35 bits per heavy atom. The Morgan fingerprint density at radius 1 is 0.930 bits per heavy atom. The molecule has 1 fully saturated rings. The largest absolute Gasteiger partial charge is 0.478 e. The van der Waals surface area contributed by atoms with Gasteiger partial charge in [-0.15, -0.1) is 11.8 Å². The zero-order chi connectivity index (χ0) is 30.1. The molecule has 1 aliphatic heterocycles. The summed E-state index contributed by atoms with van der Waals surface area (Å²) in [7, 11) is 0. The van der Waals surface area contributed by atoms with Crippen molar-refractivity contribution in [2.45, 2.75) is 23.5 Å². The summed E-state index contributed by atoms with van der Waals surface area (Å²) in [6.07, 6.45) is 0.0685. The van der Waals surface area contributed by atoms with Gasteiger partial charge in [0.05, 0.1) is 32.3 Å². The fraction of sp³-hybridized carbons (Fsp3) is 0.0938. The van der Waals surface area contributed by atoms with Gasteiger partial charge in [0, 0.05) is 22.7 Å². The van der Waals surface area contributed by atoms with E-state index in [9.17, 15) is 24.3 Å². The highest BCUT2D eigenvalue weighted by atomic mass is 32.2. The molecule has 5 aromatic rings. The van der Waals surface area contributed by atoms with Crippen molar-refractivity contribution in [1.82, 2.24) is 4.98 Å². The van der Waals surface area contributed by atoms with Crippen molar-refractivity contribution < 1.29 is 24.3 Å². The van der Waals surface area contributed by atoms with Gasteiger partial charge in [0.25, 0.3) is 5.91 Å². The second kappa shape index (κ2) is 11.7. The number of carbonyl (C=O) groups is 4. The first-order chi connectivity index (χ1) is 20.7. The molecule has 43 heavy (non-hydrogen) atoms. The topological polar surface area (TPSA) is 129 Å². The molecule has 0 radical (unpaired) electrons. The molecule has 0 unspecified atom stereocenters. The summed E-state index contributed by atoms with van der Waals surface area (Å²) in [6, 6.07) is 26.0. The van der Waals surface area contributed by atoms with E-state index in [4.69, 9.17) is 0 Å². The van der Waals surface area contributed by atoms with E-state index in [1.165, 1.54) is 34.4 Å². The number of nitrogens with one attached hydrogen (secondary N) is 2. The van der Waals surface area contributed by atoms with Crippen LogP contribution < -0.4 is 15.5 Å². The van der Waals surface area contributed by atoms with Crippen molar-refractivity contribution >= 4 is 79.2 Å². The smallest absolute Gasteiger partial charge is 0.336 e. The molecule has 0 bridgehead atoms. The average Bonchev–Trinajstić information content (AvgIpc) is 3.52. The van der Waals surface area contributed by atoms with Crippen LogP contribution in [0.5, 0.6) is 0 Å². The summed E-state index contributed by atoms with van der Waals surface area (Å²) in [5.74, 6) is -2.29. The number of carbonyl (C=O) groups excluding carboxylic acids is 3. The molecule has 6 rings (SSSR count). The first-order valence-electron chi connectivity index (χ1n) is 13.3. The van der Waals surface area contributed by atoms with E-state index in [2.05, 4.69) is 21.7 Å². The fourth-order valence-corrected chi connectivity index (χ4v) is 6.76. The number of fused-ring (bicyclic) bond motifs is 1. The van der Waals surface area contributed by atoms with Crippen LogP contribution in [0.25, 0.3) is 10.2 Å². The molecule has 0 saturated carbocycles. The maximum absolute atomic E-state index is 13.2. The van der Waals surface area contributed by atoms with Gasteiger partial charge in [-0.3, -0.25) is 14.4 Å². The summed E-state index contributed by atoms with van der Waals surface area (Å²) in [5, 5.41) is 15.5. The Balaban J connectivity index is 1.08. The molecular weight excluding hydrogens is 585 g/mol. The molecule has 4 aromatic carbocycles. The van der Waals surface area contributed by atoms with Gasteiger partial charge in [0.15, 0.2) is 5.13 Å². The number of aryl methyl sites for hydroxylation is 1. The number of thioether (sulfide) groups is 1. The van der Waals surface area contributed by atoms with Gasteiger partial charge in [-0.25, -0.2) is 14.7 Å². The van der Waals surface area contributed by atoms with Gasteiger partial charge >= 0.3 is 5.97 Å². The normalized spacial score (nSPS) is 14.7. The van der Waals surface area contributed by atoms with Crippen molar-refractivity contribution in [3.63, 3.8) is 0 Å². The van der Waals surface area contributed by atoms with Gasteiger partial charge < -0.3 is 15.7 Å². The third-order valence-electron chi connectivity index (χ3n) is 6.82. The van der Waals surface area contributed by atoms with E-state index in [0.29, 0.717) is 11.4 Å². The maximum Gasteiger partial charge on any atom is 0.336 e. The fourth-order valence-electron chi connectivity index (χ4n) is 4.72. The molecular formula is C32H24N4O5S2. The number of aromatic carboxylic acids is 1. The third kappa shape index (κ3) is 5.99. The van der Waals surface area contributed by atoms with Crippen molar-refractivity contribution in [3.8, 4) is 0 Å². The van der Waals surface area contributed by atoms with E-state index >= 15 is 0 Å². The predicted octanol–water partition coefficient (Wildman–Crippen LogP) is 6.72. The number of rotatable bonds is 8. The minimum Gasteiger partial charge on any atom is -0.478 e. The summed E-state index contributed by atoms with van der Waals surface area (Å²) < 4.78 is 1.09. The molecule has 3 amide bonds. The van der Waals surface area contributed by atoms with Crippen LogP contribution in [0.15, 0.2) is 95.9 Å². The molecule has 1 aliphatic rings. The Morgan fingerprint density at radius 2 is 1.63 bits per heavy atom. The SMILES string of the molecule is Cc1ccc2nc(Nc3ccc(N4C(=O)C[C@H](Sc5ccc(NC(=O)c6ccccc6C(=O)O)cc5)C4=O)cc3)sc2c1.